The average molecular weight is 532 g/mol. The van der Waals surface area contributed by atoms with Gasteiger partial charge < -0.3 is 0 Å². The molecule has 0 aromatic rings. The van der Waals surface area contributed by atoms with Gasteiger partial charge in [0.25, 0.3) is 0 Å². The molecule has 0 N–H and O–H groups in total. The van der Waals surface area contributed by atoms with Crippen LogP contribution < -0.4 is 0 Å². The maximum atomic E-state index is 4.57. The molecule has 0 amide bonds. The number of nitrogens with zero attached hydrogens (tertiary/aromatic N) is 1. The zero-order chi connectivity index (χ0) is 6.91. The van der Waals surface area contributed by atoms with Gasteiger partial charge in [0.1, 0.15) is 0 Å². The van der Waals surface area contributed by atoms with Crippen LogP contribution in [0, 0.1) is 31.1 Å². The smallest absolute Gasteiger partial charge is 0 e. The molecule has 0 aromatic carbocycles. The second-order valence-corrected chi connectivity index (χ2v) is 4.86. The third-order valence-electron chi connectivity index (χ3n) is 1.61. The summed E-state index contributed by atoms with van der Waals surface area (Å²) in [5.41, 5.74) is 0.259. The Balaban J connectivity index is 0.000000810. The van der Waals surface area contributed by atoms with E-state index in [1.54, 1.807) is 19.4 Å². The van der Waals surface area contributed by atoms with Crippen molar-refractivity contribution in [1.29, 1.82) is 0 Å². The van der Waals surface area contributed by atoms with E-state index >= 15 is 0 Å². The molecule has 1 nitrogen and oxygen atoms in total. The third kappa shape index (κ3) is 3.82. The zero-order valence-corrected chi connectivity index (χ0v) is 13.6. The van der Waals surface area contributed by atoms with Gasteiger partial charge in [0.05, 0.1) is 0 Å². The average Bonchev–Trinajstić information content (AvgIpc) is 1.60. The zero-order valence-electron chi connectivity index (χ0n) is 6.48. The van der Waals surface area contributed by atoms with Crippen LogP contribution in [0.25, 0.3) is 5.32 Å². The Morgan fingerprint density at radius 2 is 2.10 bits per heavy atom. The Bertz CT molecular complexity index is 134. The van der Waals surface area contributed by atoms with Gasteiger partial charge in [-0.15, -0.1) is 0 Å². The number of hydrogen-bond donors (Lipinski definition) is 0. The molecule has 0 spiro atoms. The van der Waals surface area contributed by atoms with E-state index in [9.17, 15) is 0 Å². The van der Waals surface area contributed by atoms with Crippen molar-refractivity contribution in [3.05, 3.63) is 5.32 Å². The molecule has 0 atom stereocenters. The molecule has 1 aliphatic heterocycles. The molecule has 56 valence electrons. The summed E-state index contributed by atoms with van der Waals surface area (Å²) >= 11 is 1.55. The topological polar surface area (TPSA) is 14.1 Å². The fraction of sp³-hybridized carbons (Fsp3) is 0.857. The first-order valence-corrected chi connectivity index (χ1v) is 4.83. The van der Waals surface area contributed by atoms with Crippen LogP contribution in [0.5, 0.6) is 0 Å². The SMILES string of the molecule is CC1(C)CCC[C](=[W])[N-]1.[U]. The maximum absolute atomic E-state index is 4.57. The molecule has 0 saturated carbocycles. The first-order chi connectivity index (χ1) is 4.10. The Morgan fingerprint density at radius 3 is 2.40 bits per heavy atom. The molecule has 1 rings (SSSR count). The van der Waals surface area contributed by atoms with Crippen molar-refractivity contribution in [2.24, 2.45) is 0 Å². The van der Waals surface area contributed by atoms with E-state index in [4.69, 9.17) is 0 Å². The van der Waals surface area contributed by atoms with Crippen LogP contribution in [0.1, 0.15) is 33.1 Å². The van der Waals surface area contributed by atoms with Crippen LogP contribution in [0.2, 0.25) is 0 Å². The van der Waals surface area contributed by atoms with Crippen molar-refractivity contribution in [2.75, 3.05) is 0 Å². The van der Waals surface area contributed by atoms with E-state index in [-0.39, 0.29) is 36.7 Å². The summed E-state index contributed by atoms with van der Waals surface area (Å²) in [5.74, 6) is 0. The van der Waals surface area contributed by atoms with Gasteiger partial charge in [0.15, 0.2) is 0 Å². The predicted octanol–water partition coefficient (Wildman–Crippen LogP) is 2.00. The van der Waals surface area contributed by atoms with E-state index in [1.165, 1.54) is 23.3 Å². The van der Waals surface area contributed by atoms with Gasteiger partial charge in [-0.2, -0.15) is 0 Å². The van der Waals surface area contributed by atoms with E-state index in [0.29, 0.717) is 0 Å². The van der Waals surface area contributed by atoms with Gasteiger partial charge in [0, 0.05) is 31.1 Å². The quantitative estimate of drug-likeness (QED) is 0.454. The monoisotopic (exact) mass is 532 g/mol. The third-order valence-corrected chi connectivity index (χ3v) is 2.67. The molecular formula is C7H12NUW-. The molecule has 0 bridgehead atoms. The van der Waals surface area contributed by atoms with Gasteiger partial charge in [0.2, 0.25) is 0 Å². The van der Waals surface area contributed by atoms with Crippen molar-refractivity contribution in [2.45, 2.75) is 38.6 Å². The van der Waals surface area contributed by atoms with Crippen LogP contribution in [-0.2, 0) is 19.4 Å². The van der Waals surface area contributed by atoms with Crippen LogP contribution in [0.4, 0.5) is 0 Å². The number of piperidine rings is 1. The second kappa shape index (κ2) is 4.56. The second-order valence-electron chi connectivity index (χ2n) is 3.17. The molecule has 0 unspecified atom stereocenters. The number of rotatable bonds is 0. The van der Waals surface area contributed by atoms with E-state index < -0.39 is 0 Å². The minimum absolute atomic E-state index is 0. The van der Waals surface area contributed by atoms with Crippen LogP contribution >= 0.6 is 0 Å². The number of hydrogen-bond acceptors (Lipinski definition) is 0. The minimum atomic E-state index is 0. The molecule has 0 aromatic heterocycles. The van der Waals surface area contributed by atoms with Crippen molar-refractivity contribution in [3.63, 3.8) is 0 Å². The van der Waals surface area contributed by atoms with Crippen molar-refractivity contribution in [3.8, 4) is 0 Å². The summed E-state index contributed by atoms with van der Waals surface area (Å²) in [6, 6.07) is 0. The molecule has 1 fully saturated rings. The Morgan fingerprint density at radius 1 is 1.50 bits per heavy atom. The molecule has 1 saturated heterocycles. The van der Waals surface area contributed by atoms with Crippen LogP contribution in [0.3, 0.4) is 0 Å². The summed E-state index contributed by atoms with van der Waals surface area (Å²) < 4.78 is 1.41. The molecule has 1 heterocycles. The van der Waals surface area contributed by atoms with E-state index in [2.05, 4.69) is 19.2 Å². The van der Waals surface area contributed by atoms with Crippen molar-refractivity contribution < 1.29 is 50.5 Å². The summed E-state index contributed by atoms with van der Waals surface area (Å²) in [5, 5.41) is 4.57. The Kier molecular flexibility index (Phi) is 5.28. The Hall–Kier alpha value is 1.57. The summed E-state index contributed by atoms with van der Waals surface area (Å²) in [7, 11) is 0. The summed E-state index contributed by atoms with van der Waals surface area (Å²) in [6.07, 6.45) is 3.86. The fourth-order valence-electron chi connectivity index (χ4n) is 1.12. The molecule has 3 heteroatoms. The molecule has 0 aliphatic carbocycles. The molecule has 1 aliphatic rings. The normalized spacial score (nSPS) is 23.6. The Labute approximate surface area is 97.5 Å². The first kappa shape index (κ1) is 11.6. The van der Waals surface area contributed by atoms with Crippen molar-refractivity contribution in [1.82, 2.24) is 0 Å². The fourth-order valence-corrected chi connectivity index (χ4v) is 2.53. The first-order valence-electron chi connectivity index (χ1n) is 3.36. The molecular weight excluding hydrogens is 520 g/mol. The van der Waals surface area contributed by atoms with Gasteiger partial charge in [-0.25, -0.2) is 0 Å². The summed E-state index contributed by atoms with van der Waals surface area (Å²) in [6.45, 7) is 4.43. The van der Waals surface area contributed by atoms with Crippen molar-refractivity contribution >= 4 is 4.02 Å². The standard InChI is InChI=1S/C7H12N.U.W/c1-7(2)5-3-4-6-8-7;;/h3-5H2,1-2H3;;/q-1;;. The van der Waals surface area contributed by atoms with Gasteiger partial charge in [-0.3, -0.25) is 0 Å². The van der Waals surface area contributed by atoms with Gasteiger partial charge in [-0.1, -0.05) is 0 Å². The molecule has 10 heavy (non-hydrogen) atoms. The van der Waals surface area contributed by atoms with Gasteiger partial charge in [-0.05, 0) is 0 Å². The summed E-state index contributed by atoms with van der Waals surface area (Å²) in [4.78, 5) is 0. The minimum Gasteiger partial charge on any atom is 0 e. The van der Waals surface area contributed by atoms with E-state index in [1.807, 2.05) is 0 Å². The van der Waals surface area contributed by atoms with Gasteiger partial charge >= 0.3 is 67.3 Å². The van der Waals surface area contributed by atoms with E-state index in [0.717, 1.165) is 0 Å². The van der Waals surface area contributed by atoms with Crippen LogP contribution in [-0.4, -0.2) is 9.56 Å². The maximum Gasteiger partial charge on any atom is 0 e. The largest absolute Gasteiger partial charge is 0 e. The van der Waals surface area contributed by atoms with Crippen LogP contribution in [0.15, 0.2) is 0 Å². The molecule has 0 radical (unpaired) electrons. The predicted molar refractivity (Wildman–Crippen MR) is 36.3 cm³/mol.